The summed E-state index contributed by atoms with van der Waals surface area (Å²) in [5.74, 6) is -0.233. The van der Waals surface area contributed by atoms with E-state index in [1.165, 1.54) is 11.6 Å². The lowest BCUT2D eigenvalue weighted by atomic mass is 10.2. The molecule has 2 aromatic rings. The van der Waals surface area contributed by atoms with E-state index in [0.29, 0.717) is 11.0 Å². The van der Waals surface area contributed by atoms with E-state index >= 15 is 0 Å². The molecule has 0 amide bonds. The molecule has 0 bridgehead atoms. The van der Waals surface area contributed by atoms with Crippen LogP contribution in [0.4, 0.5) is 10.1 Å². The first-order chi connectivity index (χ1) is 9.16. The summed E-state index contributed by atoms with van der Waals surface area (Å²) < 4.78 is 13.8. The van der Waals surface area contributed by atoms with Crippen LogP contribution in [0.3, 0.4) is 0 Å². The monoisotopic (exact) mass is 319 g/mol. The molecule has 1 nitrogen and oxygen atoms in total. The second-order valence-electron chi connectivity index (χ2n) is 4.28. The van der Waals surface area contributed by atoms with Crippen molar-refractivity contribution in [3.63, 3.8) is 0 Å². The molecule has 2 aromatic carbocycles. The molecule has 98 valence electrons. The van der Waals surface area contributed by atoms with Crippen molar-refractivity contribution < 1.29 is 4.39 Å². The van der Waals surface area contributed by atoms with Crippen LogP contribution in [0.25, 0.3) is 6.08 Å². The maximum absolute atomic E-state index is 13.3. The summed E-state index contributed by atoms with van der Waals surface area (Å²) in [7, 11) is 0. The Labute approximate surface area is 121 Å². The first-order valence-electron chi connectivity index (χ1n) is 6.08. The van der Waals surface area contributed by atoms with E-state index in [-0.39, 0.29) is 5.82 Å². The van der Waals surface area contributed by atoms with Crippen LogP contribution in [0.5, 0.6) is 0 Å². The van der Waals surface area contributed by atoms with Crippen molar-refractivity contribution in [1.82, 2.24) is 0 Å². The first kappa shape index (κ1) is 13.8. The highest BCUT2D eigenvalue weighted by Crippen LogP contribution is 2.24. The van der Waals surface area contributed by atoms with Gasteiger partial charge in [-0.2, -0.15) is 0 Å². The van der Waals surface area contributed by atoms with Gasteiger partial charge < -0.3 is 5.32 Å². The number of hydrogen-bond acceptors (Lipinski definition) is 1. The fraction of sp³-hybridized carbons (Fsp3) is 0.125. The van der Waals surface area contributed by atoms with Crippen molar-refractivity contribution in [2.24, 2.45) is 0 Å². The molecule has 0 spiro atoms. The van der Waals surface area contributed by atoms with Crippen LogP contribution in [0.15, 0.2) is 53.0 Å². The molecule has 0 radical (unpaired) electrons. The Hall–Kier alpha value is -1.61. The highest BCUT2D eigenvalue weighted by molar-refractivity contribution is 9.10. The fourth-order valence-electron chi connectivity index (χ4n) is 1.76. The lowest BCUT2D eigenvalue weighted by Gasteiger charge is -2.08. The van der Waals surface area contributed by atoms with Crippen LogP contribution in [-0.4, -0.2) is 6.54 Å². The highest BCUT2D eigenvalue weighted by Gasteiger charge is 2.03. The topological polar surface area (TPSA) is 12.0 Å². The molecule has 0 saturated carbocycles. The van der Waals surface area contributed by atoms with Crippen LogP contribution >= 0.6 is 15.9 Å². The maximum Gasteiger partial charge on any atom is 0.137 e. The van der Waals surface area contributed by atoms with E-state index in [1.54, 1.807) is 6.07 Å². The van der Waals surface area contributed by atoms with Gasteiger partial charge in [-0.15, -0.1) is 0 Å². The normalized spacial score (nSPS) is 10.9. The van der Waals surface area contributed by atoms with Gasteiger partial charge in [0, 0.05) is 12.2 Å². The molecule has 0 saturated heterocycles. The number of aryl methyl sites for hydroxylation is 1. The summed E-state index contributed by atoms with van der Waals surface area (Å²) in [5, 5.41) is 3.27. The second-order valence-corrected chi connectivity index (χ2v) is 5.13. The Kier molecular flexibility index (Phi) is 4.74. The van der Waals surface area contributed by atoms with Crippen LogP contribution in [-0.2, 0) is 0 Å². The minimum Gasteiger partial charge on any atom is -0.381 e. The molecular formula is C16H15BrFN. The molecule has 0 aliphatic carbocycles. The van der Waals surface area contributed by atoms with Gasteiger partial charge in [0.1, 0.15) is 5.82 Å². The molecule has 0 unspecified atom stereocenters. The standard InChI is InChI=1S/C16H15BrFN/c1-12-10-15(18)14(17)11-16(12)19-9-5-8-13-6-3-2-4-7-13/h2-8,10-11,19H,9H2,1H3/b8-5+. The Morgan fingerprint density at radius 1 is 1.21 bits per heavy atom. The fourth-order valence-corrected chi connectivity index (χ4v) is 2.11. The quantitative estimate of drug-likeness (QED) is 0.834. The van der Waals surface area contributed by atoms with Gasteiger partial charge in [-0.3, -0.25) is 0 Å². The lowest BCUT2D eigenvalue weighted by Crippen LogP contribution is -2.00. The summed E-state index contributed by atoms with van der Waals surface area (Å²) in [6.07, 6.45) is 4.10. The third-order valence-electron chi connectivity index (χ3n) is 2.79. The third kappa shape index (κ3) is 3.93. The van der Waals surface area contributed by atoms with Crippen molar-refractivity contribution >= 4 is 27.7 Å². The molecule has 3 heteroatoms. The van der Waals surface area contributed by atoms with Crippen molar-refractivity contribution in [3.8, 4) is 0 Å². The molecule has 0 heterocycles. The molecule has 0 aliphatic rings. The molecule has 2 rings (SSSR count). The SMILES string of the molecule is Cc1cc(F)c(Br)cc1NC/C=C/c1ccccc1. The van der Waals surface area contributed by atoms with Gasteiger partial charge in [-0.25, -0.2) is 4.39 Å². The van der Waals surface area contributed by atoms with Crippen LogP contribution in [0.2, 0.25) is 0 Å². The number of benzene rings is 2. The van der Waals surface area contributed by atoms with Gasteiger partial charge >= 0.3 is 0 Å². The Bertz CT molecular complexity index is 579. The van der Waals surface area contributed by atoms with Gasteiger partial charge in [-0.1, -0.05) is 42.5 Å². The van der Waals surface area contributed by atoms with E-state index in [1.807, 2.05) is 31.2 Å². The molecule has 0 atom stereocenters. The predicted octanol–water partition coefficient (Wildman–Crippen LogP) is 5.02. The largest absolute Gasteiger partial charge is 0.381 e. The average Bonchev–Trinajstić information content (AvgIpc) is 2.41. The summed E-state index contributed by atoms with van der Waals surface area (Å²) >= 11 is 3.19. The molecular weight excluding hydrogens is 305 g/mol. The van der Waals surface area contributed by atoms with Gasteiger partial charge in [-0.05, 0) is 46.1 Å². The first-order valence-corrected chi connectivity index (χ1v) is 6.87. The minimum absolute atomic E-state index is 0.233. The summed E-state index contributed by atoms with van der Waals surface area (Å²) in [5.41, 5.74) is 3.00. The maximum atomic E-state index is 13.3. The summed E-state index contributed by atoms with van der Waals surface area (Å²) in [6, 6.07) is 13.4. The number of hydrogen-bond donors (Lipinski definition) is 1. The zero-order valence-electron chi connectivity index (χ0n) is 10.7. The van der Waals surface area contributed by atoms with Crippen molar-refractivity contribution in [2.75, 3.05) is 11.9 Å². The average molecular weight is 320 g/mol. The van der Waals surface area contributed by atoms with E-state index in [4.69, 9.17) is 0 Å². The van der Waals surface area contributed by atoms with Crippen molar-refractivity contribution in [2.45, 2.75) is 6.92 Å². The smallest absolute Gasteiger partial charge is 0.137 e. The van der Waals surface area contributed by atoms with Gasteiger partial charge in [0.05, 0.1) is 4.47 Å². The van der Waals surface area contributed by atoms with E-state index in [0.717, 1.165) is 11.3 Å². The van der Waals surface area contributed by atoms with Gasteiger partial charge in [0.25, 0.3) is 0 Å². The van der Waals surface area contributed by atoms with Crippen LogP contribution in [0.1, 0.15) is 11.1 Å². The van der Waals surface area contributed by atoms with Gasteiger partial charge in [0.2, 0.25) is 0 Å². The number of rotatable bonds is 4. The Morgan fingerprint density at radius 2 is 1.95 bits per heavy atom. The lowest BCUT2D eigenvalue weighted by molar-refractivity contribution is 0.620. The van der Waals surface area contributed by atoms with Gasteiger partial charge in [0.15, 0.2) is 0 Å². The van der Waals surface area contributed by atoms with E-state index in [2.05, 4.69) is 39.5 Å². The molecule has 1 N–H and O–H groups in total. The molecule has 19 heavy (non-hydrogen) atoms. The predicted molar refractivity (Wildman–Crippen MR) is 82.8 cm³/mol. The number of anilines is 1. The number of nitrogens with one attached hydrogen (secondary N) is 1. The van der Waals surface area contributed by atoms with E-state index in [9.17, 15) is 4.39 Å². The Balaban J connectivity index is 1.96. The molecule has 0 fully saturated rings. The summed E-state index contributed by atoms with van der Waals surface area (Å²) in [6.45, 7) is 2.59. The molecule has 0 aromatic heterocycles. The zero-order chi connectivity index (χ0) is 13.7. The van der Waals surface area contributed by atoms with Crippen molar-refractivity contribution in [3.05, 3.63) is 70.0 Å². The minimum atomic E-state index is -0.233. The second kappa shape index (κ2) is 6.53. The molecule has 0 aliphatic heterocycles. The zero-order valence-corrected chi connectivity index (χ0v) is 12.2. The Morgan fingerprint density at radius 3 is 2.68 bits per heavy atom. The highest BCUT2D eigenvalue weighted by atomic mass is 79.9. The van der Waals surface area contributed by atoms with Crippen LogP contribution < -0.4 is 5.32 Å². The third-order valence-corrected chi connectivity index (χ3v) is 3.40. The van der Waals surface area contributed by atoms with Crippen molar-refractivity contribution in [1.29, 1.82) is 0 Å². The van der Waals surface area contributed by atoms with Crippen LogP contribution in [0, 0.1) is 12.7 Å². The summed E-state index contributed by atoms with van der Waals surface area (Å²) in [4.78, 5) is 0. The van der Waals surface area contributed by atoms with E-state index < -0.39 is 0 Å². The number of halogens is 2.